The highest BCUT2D eigenvalue weighted by Crippen LogP contribution is 2.42. The average molecular weight is 581 g/mol. The Hall–Kier alpha value is -3.95. The molecule has 1 amide bonds. The van der Waals surface area contributed by atoms with Crippen molar-refractivity contribution in [2.45, 2.75) is 19.4 Å². The first kappa shape index (κ1) is 29.3. The third kappa shape index (κ3) is 8.59. The molecule has 0 aliphatic carbocycles. The normalized spacial score (nSPS) is 12.0. The van der Waals surface area contributed by atoms with E-state index in [1.807, 2.05) is 0 Å². The molecule has 0 spiro atoms. The van der Waals surface area contributed by atoms with Crippen LogP contribution in [0.1, 0.15) is 13.3 Å². The van der Waals surface area contributed by atoms with Crippen molar-refractivity contribution in [1.29, 1.82) is 0 Å². The quantitative estimate of drug-likeness (QED) is 0.126. The van der Waals surface area contributed by atoms with Crippen LogP contribution in [0.2, 0.25) is 0 Å². The lowest BCUT2D eigenvalue weighted by molar-refractivity contribution is -0.393. The zero-order valence-electron chi connectivity index (χ0n) is 20.1. The van der Waals surface area contributed by atoms with Crippen molar-refractivity contribution in [2.24, 2.45) is 10.2 Å². The number of carbonyl (C=O) groups excluding carboxylic acids is 1. The summed E-state index contributed by atoms with van der Waals surface area (Å²) in [6, 6.07) is 4.88. The summed E-state index contributed by atoms with van der Waals surface area (Å²) in [5, 5.41) is 46.0. The van der Waals surface area contributed by atoms with Crippen molar-refractivity contribution in [2.75, 3.05) is 38.0 Å². The lowest BCUT2D eigenvalue weighted by atomic mass is 10.2. The van der Waals surface area contributed by atoms with Gasteiger partial charge in [-0.25, -0.2) is 0 Å². The Morgan fingerprint density at radius 3 is 2.46 bits per heavy atom. The van der Waals surface area contributed by atoms with Crippen LogP contribution >= 0.6 is 15.9 Å². The Morgan fingerprint density at radius 2 is 1.86 bits per heavy atom. The van der Waals surface area contributed by atoms with E-state index < -0.39 is 33.2 Å². The Bertz CT molecular complexity index is 1220. The molecule has 0 aliphatic heterocycles. The fourth-order valence-electron chi connectivity index (χ4n) is 3.03. The highest BCUT2D eigenvalue weighted by atomic mass is 79.9. The van der Waals surface area contributed by atoms with Crippen molar-refractivity contribution in [3.8, 4) is 5.75 Å². The maximum Gasteiger partial charge on any atom is 0.304 e. The number of amides is 1. The number of hydrogen-bond acceptors (Lipinski definition) is 11. The number of nitro groups is 2. The summed E-state index contributed by atoms with van der Waals surface area (Å²) in [4.78, 5) is 32.8. The molecular weight excluding hydrogens is 556 g/mol. The number of methoxy groups -OCH3 is 2. The van der Waals surface area contributed by atoms with Gasteiger partial charge in [0.25, 0.3) is 5.69 Å². The standard InChI is InChI=1S/C22H25BrN6O8/c1-13(30)25-17-10-19(24-7-5-4-6-15(31)12-36-2)21(37-3)11-18(17)26-27-22-16(23)8-14(28(32)33)9-20(22)29(34)35/h4-5,8-11,15,24,31H,6-7,12H2,1-3H3,(H,25,30). The zero-order chi connectivity index (χ0) is 27.5. The number of nitrogens with zero attached hydrogens (tertiary/aromatic N) is 4. The Balaban J connectivity index is 2.40. The summed E-state index contributed by atoms with van der Waals surface area (Å²) < 4.78 is 10.3. The van der Waals surface area contributed by atoms with Crippen LogP contribution < -0.4 is 15.4 Å². The summed E-state index contributed by atoms with van der Waals surface area (Å²) in [6.07, 6.45) is 3.39. The molecular formula is C22H25BrN6O8. The van der Waals surface area contributed by atoms with Gasteiger partial charge in [0.1, 0.15) is 11.4 Å². The van der Waals surface area contributed by atoms with Crippen LogP contribution in [0.5, 0.6) is 5.75 Å². The zero-order valence-corrected chi connectivity index (χ0v) is 21.7. The molecule has 1 atom stereocenters. The van der Waals surface area contributed by atoms with Gasteiger partial charge in [0, 0.05) is 32.7 Å². The van der Waals surface area contributed by atoms with Crippen LogP contribution in [0.4, 0.5) is 34.1 Å². The number of azo groups is 1. The molecule has 15 heteroatoms. The minimum Gasteiger partial charge on any atom is -0.495 e. The van der Waals surface area contributed by atoms with E-state index in [1.165, 1.54) is 27.2 Å². The van der Waals surface area contributed by atoms with Crippen molar-refractivity contribution in [3.05, 3.63) is 61.1 Å². The summed E-state index contributed by atoms with van der Waals surface area (Å²) in [5.41, 5.74) is -0.495. The predicted octanol–water partition coefficient (Wildman–Crippen LogP) is 5.01. The molecule has 0 fully saturated rings. The molecule has 198 valence electrons. The van der Waals surface area contributed by atoms with Gasteiger partial charge in [-0.3, -0.25) is 25.0 Å². The molecule has 0 heterocycles. The molecule has 0 radical (unpaired) electrons. The topological polar surface area (TPSA) is 191 Å². The molecule has 0 aliphatic rings. The number of anilines is 2. The fraction of sp³-hybridized carbons (Fsp3) is 0.318. The second-order valence-corrected chi connectivity index (χ2v) is 8.31. The number of carbonyl (C=O) groups is 1. The molecule has 3 N–H and O–H groups in total. The van der Waals surface area contributed by atoms with Crippen molar-refractivity contribution in [3.63, 3.8) is 0 Å². The smallest absolute Gasteiger partial charge is 0.304 e. The molecule has 37 heavy (non-hydrogen) atoms. The van der Waals surface area contributed by atoms with Crippen LogP contribution in [-0.2, 0) is 9.53 Å². The number of ether oxygens (including phenoxy) is 2. The summed E-state index contributed by atoms with van der Waals surface area (Å²) >= 11 is 3.07. The lowest BCUT2D eigenvalue weighted by Gasteiger charge is -2.14. The molecule has 0 aromatic heterocycles. The summed E-state index contributed by atoms with van der Waals surface area (Å²) in [7, 11) is 2.93. The van der Waals surface area contributed by atoms with Crippen LogP contribution in [0.15, 0.2) is 51.1 Å². The number of non-ortho nitro benzene ring substituents is 1. The Morgan fingerprint density at radius 1 is 1.14 bits per heavy atom. The maximum atomic E-state index is 11.8. The molecule has 2 aromatic rings. The highest BCUT2D eigenvalue weighted by Gasteiger charge is 2.23. The molecule has 0 bridgehead atoms. The Kier molecular flexibility index (Phi) is 11.0. The number of aliphatic hydroxyl groups is 1. The number of nitro benzene ring substituents is 2. The van der Waals surface area contributed by atoms with Gasteiger partial charge in [-0.2, -0.15) is 0 Å². The monoisotopic (exact) mass is 580 g/mol. The largest absolute Gasteiger partial charge is 0.495 e. The van der Waals surface area contributed by atoms with Gasteiger partial charge in [0.05, 0.1) is 51.6 Å². The van der Waals surface area contributed by atoms with Gasteiger partial charge in [0.2, 0.25) is 5.91 Å². The number of halogens is 1. The van der Waals surface area contributed by atoms with Crippen LogP contribution in [-0.4, -0.2) is 54.3 Å². The van der Waals surface area contributed by atoms with E-state index in [2.05, 4.69) is 36.8 Å². The van der Waals surface area contributed by atoms with Gasteiger partial charge < -0.3 is 25.2 Å². The van der Waals surface area contributed by atoms with Crippen molar-refractivity contribution < 1.29 is 29.2 Å². The molecule has 0 saturated carbocycles. The molecule has 1 unspecified atom stereocenters. The third-order valence-corrected chi connectivity index (χ3v) is 5.27. The van der Waals surface area contributed by atoms with E-state index >= 15 is 0 Å². The predicted molar refractivity (Wildman–Crippen MR) is 139 cm³/mol. The first-order valence-electron chi connectivity index (χ1n) is 10.7. The van der Waals surface area contributed by atoms with E-state index in [1.54, 1.807) is 18.2 Å². The average Bonchev–Trinajstić information content (AvgIpc) is 2.83. The highest BCUT2D eigenvalue weighted by molar-refractivity contribution is 9.10. The summed E-state index contributed by atoms with van der Waals surface area (Å²) in [5.74, 6) is -0.0600. The maximum absolute atomic E-state index is 11.8. The van der Waals surface area contributed by atoms with Crippen LogP contribution in [0.3, 0.4) is 0 Å². The number of hydrogen-bond donors (Lipinski definition) is 3. The molecule has 14 nitrogen and oxygen atoms in total. The van der Waals surface area contributed by atoms with Gasteiger partial charge in [-0.15, -0.1) is 10.2 Å². The second-order valence-electron chi connectivity index (χ2n) is 7.46. The van der Waals surface area contributed by atoms with E-state index in [0.717, 1.165) is 12.1 Å². The number of aliphatic hydroxyl groups excluding tert-OH is 1. The summed E-state index contributed by atoms with van der Waals surface area (Å²) in [6.45, 7) is 1.89. The molecule has 2 aromatic carbocycles. The van der Waals surface area contributed by atoms with Gasteiger partial charge >= 0.3 is 5.69 Å². The first-order valence-corrected chi connectivity index (χ1v) is 11.5. The van der Waals surface area contributed by atoms with Crippen LogP contribution in [0, 0.1) is 20.2 Å². The van der Waals surface area contributed by atoms with E-state index in [4.69, 9.17) is 9.47 Å². The van der Waals surface area contributed by atoms with E-state index in [0.29, 0.717) is 24.4 Å². The van der Waals surface area contributed by atoms with E-state index in [-0.39, 0.29) is 28.1 Å². The van der Waals surface area contributed by atoms with Crippen LogP contribution in [0.25, 0.3) is 0 Å². The Labute approximate surface area is 219 Å². The van der Waals surface area contributed by atoms with E-state index in [9.17, 15) is 30.1 Å². The van der Waals surface area contributed by atoms with Crippen molar-refractivity contribution in [1.82, 2.24) is 0 Å². The third-order valence-electron chi connectivity index (χ3n) is 4.67. The van der Waals surface area contributed by atoms with Gasteiger partial charge in [-0.05, 0) is 28.4 Å². The number of nitrogens with one attached hydrogen (secondary N) is 2. The minimum atomic E-state index is -0.809. The molecule has 2 rings (SSSR count). The first-order chi connectivity index (χ1) is 17.6. The second kappa shape index (κ2) is 14.0. The fourth-order valence-corrected chi connectivity index (χ4v) is 3.55. The lowest BCUT2D eigenvalue weighted by Crippen LogP contribution is -2.12. The molecule has 0 saturated heterocycles. The van der Waals surface area contributed by atoms with Gasteiger partial charge in [0.15, 0.2) is 5.69 Å². The number of rotatable bonds is 13. The number of benzene rings is 2. The minimum absolute atomic E-state index is 0.00844. The van der Waals surface area contributed by atoms with Gasteiger partial charge in [-0.1, -0.05) is 12.2 Å². The van der Waals surface area contributed by atoms with Crippen molar-refractivity contribution >= 4 is 56.0 Å². The SMILES string of the molecule is COCC(O)CC=CCNc1cc(NC(C)=O)c(N=Nc2c(Br)cc([N+](=O)[O-])cc2[N+](=O)[O-])cc1OC.